The highest BCUT2D eigenvalue weighted by Gasteiger charge is 2.11. The molecular weight excluding hydrogens is 268 g/mol. The number of carbonyl (C=O) groups excluding carboxylic acids is 1. The number of nitrogens with one attached hydrogen (secondary N) is 1. The van der Waals surface area contributed by atoms with Crippen molar-refractivity contribution in [3.63, 3.8) is 0 Å². The van der Waals surface area contributed by atoms with Crippen LogP contribution in [0, 0.1) is 0 Å². The zero-order chi connectivity index (χ0) is 13.1. The number of sulfonamides is 1. The molecule has 1 aromatic rings. The number of nitrogens with two attached hydrogens (primary N) is 1. The molecule has 0 radical (unpaired) electrons. The van der Waals surface area contributed by atoms with Crippen molar-refractivity contribution in [3.05, 3.63) is 23.2 Å². The summed E-state index contributed by atoms with van der Waals surface area (Å²) in [7, 11) is -2.33. The van der Waals surface area contributed by atoms with Crippen molar-refractivity contribution in [2.24, 2.45) is 5.14 Å². The van der Waals surface area contributed by atoms with Gasteiger partial charge in [-0.15, -0.1) is 0 Å². The molecule has 8 heteroatoms. The third kappa shape index (κ3) is 3.88. The summed E-state index contributed by atoms with van der Waals surface area (Å²) in [5, 5.41) is 7.37. The van der Waals surface area contributed by atoms with Gasteiger partial charge in [0.2, 0.25) is 10.0 Å². The highest BCUT2D eigenvalue weighted by atomic mass is 35.5. The maximum Gasteiger partial charge on any atom is 0.257 e. The lowest BCUT2D eigenvalue weighted by molar-refractivity contribution is -0.122. The minimum absolute atomic E-state index is 0.0698. The van der Waals surface area contributed by atoms with Crippen LogP contribution in [0.25, 0.3) is 0 Å². The Hall–Kier alpha value is -1.31. The average Bonchev–Trinajstić information content (AvgIpc) is 2.25. The molecule has 1 rings (SSSR count). The molecule has 0 aliphatic heterocycles. The standard InChI is InChI=1S/C9H11ClN2O4S/c1-12-9(13)5-16-8-3-2-6(4-7(8)10)17(11,14)15/h2-4H,5H2,1H3,(H,12,13)(H2,11,14,15). The molecule has 0 saturated carbocycles. The van der Waals surface area contributed by atoms with E-state index in [0.717, 1.165) is 6.07 Å². The van der Waals surface area contributed by atoms with E-state index in [-0.39, 0.29) is 28.2 Å². The van der Waals surface area contributed by atoms with Gasteiger partial charge in [-0.25, -0.2) is 13.6 Å². The molecule has 0 fully saturated rings. The highest BCUT2D eigenvalue weighted by Crippen LogP contribution is 2.26. The second kappa shape index (κ2) is 5.35. The minimum atomic E-state index is -3.80. The van der Waals surface area contributed by atoms with E-state index in [4.69, 9.17) is 21.5 Å². The van der Waals surface area contributed by atoms with Crippen LogP contribution in [0.15, 0.2) is 23.1 Å². The van der Waals surface area contributed by atoms with E-state index in [9.17, 15) is 13.2 Å². The largest absolute Gasteiger partial charge is 0.482 e. The lowest BCUT2D eigenvalue weighted by Gasteiger charge is -2.08. The molecule has 0 spiro atoms. The first-order chi connectivity index (χ1) is 7.84. The van der Waals surface area contributed by atoms with E-state index in [1.165, 1.54) is 19.2 Å². The molecule has 0 atom stereocenters. The van der Waals surface area contributed by atoms with Gasteiger partial charge < -0.3 is 10.1 Å². The molecule has 0 aliphatic carbocycles. The third-order valence-corrected chi connectivity index (χ3v) is 3.08. The van der Waals surface area contributed by atoms with E-state index >= 15 is 0 Å². The number of hydrogen-bond acceptors (Lipinski definition) is 4. The Balaban J connectivity index is 2.88. The molecule has 3 N–H and O–H groups in total. The smallest absolute Gasteiger partial charge is 0.257 e. The van der Waals surface area contributed by atoms with Gasteiger partial charge in [-0.3, -0.25) is 4.79 Å². The summed E-state index contributed by atoms with van der Waals surface area (Å²) in [5.74, 6) is -0.112. The van der Waals surface area contributed by atoms with Gasteiger partial charge in [0.05, 0.1) is 9.92 Å². The van der Waals surface area contributed by atoms with Crippen LogP contribution in [0.1, 0.15) is 0 Å². The van der Waals surface area contributed by atoms with E-state index in [1.54, 1.807) is 0 Å². The van der Waals surface area contributed by atoms with Gasteiger partial charge in [-0.2, -0.15) is 0 Å². The SMILES string of the molecule is CNC(=O)COc1ccc(S(N)(=O)=O)cc1Cl. The van der Waals surface area contributed by atoms with E-state index in [1.807, 2.05) is 0 Å². The maximum absolute atomic E-state index is 11.0. The fraction of sp³-hybridized carbons (Fsp3) is 0.222. The van der Waals surface area contributed by atoms with Gasteiger partial charge in [0.15, 0.2) is 6.61 Å². The molecule has 0 aromatic heterocycles. The number of amides is 1. The van der Waals surface area contributed by atoms with Gasteiger partial charge in [0, 0.05) is 7.05 Å². The van der Waals surface area contributed by atoms with Gasteiger partial charge in [-0.05, 0) is 18.2 Å². The summed E-state index contributed by atoms with van der Waals surface area (Å²) in [6.07, 6.45) is 0. The highest BCUT2D eigenvalue weighted by molar-refractivity contribution is 7.89. The fourth-order valence-electron chi connectivity index (χ4n) is 0.991. The lowest BCUT2D eigenvalue weighted by Crippen LogP contribution is -2.24. The normalized spacial score (nSPS) is 11.0. The number of primary sulfonamides is 1. The van der Waals surface area contributed by atoms with Crippen molar-refractivity contribution >= 4 is 27.5 Å². The minimum Gasteiger partial charge on any atom is -0.482 e. The van der Waals surface area contributed by atoms with Gasteiger partial charge in [-0.1, -0.05) is 11.6 Å². The number of benzene rings is 1. The average molecular weight is 279 g/mol. The molecule has 0 aliphatic rings. The molecule has 0 bridgehead atoms. The van der Waals surface area contributed by atoms with Crippen LogP contribution in [0.5, 0.6) is 5.75 Å². The second-order valence-electron chi connectivity index (χ2n) is 3.10. The number of halogens is 1. The van der Waals surface area contributed by atoms with Gasteiger partial charge >= 0.3 is 0 Å². The van der Waals surface area contributed by atoms with Crippen LogP contribution in [0.3, 0.4) is 0 Å². The van der Waals surface area contributed by atoms with Crippen LogP contribution in [0.4, 0.5) is 0 Å². The topological polar surface area (TPSA) is 98.5 Å². The van der Waals surface area contributed by atoms with Crippen molar-refractivity contribution in [1.82, 2.24) is 5.32 Å². The monoisotopic (exact) mass is 278 g/mol. The first kappa shape index (κ1) is 13.8. The van der Waals surface area contributed by atoms with Crippen LogP contribution in [-0.4, -0.2) is 28.0 Å². The van der Waals surface area contributed by atoms with Crippen molar-refractivity contribution in [2.45, 2.75) is 4.90 Å². The Morgan fingerprint density at radius 2 is 2.18 bits per heavy atom. The molecule has 0 heterocycles. The molecule has 17 heavy (non-hydrogen) atoms. The number of hydrogen-bond donors (Lipinski definition) is 2. The third-order valence-electron chi connectivity index (χ3n) is 1.87. The quantitative estimate of drug-likeness (QED) is 0.817. The Morgan fingerprint density at radius 1 is 1.53 bits per heavy atom. The molecular formula is C9H11ClN2O4S. The van der Waals surface area contributed by atoms with Gasteiger partial charge in [0.1, 0.15) is 5.75 Å². The molecule has 6 nitrogen and oxygen atoms in total. The summed E-state index contributed by atoms with van der Waals surface area (Å²) in [4.78, 5) is 10.8. The van der Waals surface area contributed by atoms with Crippen molar-refractivity contribution in [2.75, 3.05) is 13.7 Å². The Kier molecular flexibility index (Phi) is 4.33. The number of ether oxygens (including phenoxy) is 1. The van der Waals surface area contributed by atoms with Gasteiger partial charge in [0.25, 0.3) is 5.91 Å². The number of rotatable bonds is 4. The maximum atomic E-state index is 11.0. The summed E-state index contributed by atoms with van der Waals surface area (Å²) >= 11 is 5.79. The van der Waals surface area contributed by atoms with Crippen LogP contribution >= 0.6 is 11.6 Å². The first-order valence-electron chi connectivity index (χ1n) is 4.50. The zero-order valence-corrected chi connectivity index (χ0v) is 10.5. The molecule has 1 aromatic carbocycles. The van der Waals surface area contributed by atoms with Crippen molar-refractivity contribution in [3.8, 4) is 5.75 Å². The molecule has 94 valence electrons. The Bertz CT molecular complexity index is 530. The van der Waals surface area contributed by atoms with E-state index < -0.39 is 10.0 Å². The van der Waals surface area contributed by atoms with Crippen LogP contribution in [-0.2, 0) is 14.8 Å². The van der Waals surface area contributed by atoms with E-state index in [0.29, 0.717) is 0 Å². The van der Waals surface area contributed by atoms with Crippen molar-refractivity contribution < 1.29 is 17.9 Å². The van der Waals surface area contributed by atoms with Crippen LogP contribution in [0.2, 0.25) is 5.02 Å². The Labute approximate surface area is 104 Å². The molecule has 0 saturated heterocycles. The lowest BCUT2D eigenvalue weighted by atomic mass is 10.3. The van der Waals surface area contributed by atoms with Crippen molar-refractivity contribution in [1.29, 1.82) is 0 Å². The zero-order valence-electron chi connectivity index (χ0n) is 8.94. The summed E-state index contributed by atoms with van der Waals surface area (Å²) in [6, 6.07) is 3.75. The number of likely N-dealkylation sites (N-methyl/N-ethyl adjacent to an activating group) is 1. The van der Waals surface area contributed by atoms with E-state index in [2.05, 4.69) is 5.32 Å². The fourth-order valence-corrected chi connectivity index (χ4v) is 1.83. The number of carbonyl (C=O) groups is 1. The predicted octanol–water partition coefficient (Wildman–Crippen LogP) is 0.112. The predicted molar refractivity (Wildman–Crippen MR) is 62.4 cm³/mol. The second-order valence-corrected chi connectivity index (χ2v) is 5.07. The summed E-state index contributed by atoms with van der Waals surface area (Å²) in [6.45, 7) is -0.203. The molecule has 0 unspecified atom stereocenters. The summed E-state index contributed by atoms with van der Waals surface area (Å²) < 4.78 is 27.1. The van der Waals surface area contributed by atoms with Crippen LogP contribution < -0.4 is 15.2 Å². The Morgan fingerprint density at radius 3 is 2.65 bits per heavy atom. The summed E-state index contributed by atoms with van der Waals surface area (Å²) in [5.41, 5.74) is 0. The first-order valence-corrected chi connectivity index (χ1v) is 6.42. The molecule has 1 amide bonds.